The van der Waals surface area contributed by atoms with Crippen molar-refractivity contribution in [3.8, 4) is 0 Å². The number of hydrogen-bond acceptors (Lipinski definition) is 3. The second-order valence-corrected chi connectivity index (χ2v) is 4.13. The van der Waals surface area contributed by atoms with Gasteiger partial charge in [-0.15, -0.1) is 0 Å². The zero-order valence-corrected chi connectivity index (χ0v) is 9.78. The van der Waals surface area contributed by atoms with Crippen molar-refractivity contribution in [2.75, 3.05) is 25.4 Å². The predicted octanol–water partition coefficient (Wildman–Crippen LogP) is 0.370. The van der Waals surface area contributed by atoms with E-state index in [9.17, 15) is 14.0 Å². The highest BCUT2D eigenvalue weighted by Gasteiger charge is 2.22. The number of nitrogens with one attached hydrogen (secondary N) is 1. The number of nitrogens with two attached hydrogens (primary N) is 1. The number of carbonyl (C=O) groups is 2. The molecule has 0 unspecified atom stereocenters. The number of amides is 2. The van der Waals surface area contributed by atoms with Gasteiger partial charge in [0.15, 0.2) is 0 Å². The van der Waals surface area contributed by atoms with E-state index < -0.39 is 11.7 Å². The Bertz CT molecular complexity index is 490. The molecule has 1 aliphatic rings. The highest BCUT2D eigenvalue weighted by molar-refractivity contribution is 5.95. The summed E-state index contributed by atoms with van der Waals surface area (Å²) in [5.74, 6) is -1.14. The Morgan fingerprint density at radius 3 is 2.89 bits per heavy atom. The number of nitrogen functional groups attached to an aromatic ring is 1. The van der Waals surface area contributed by atoms with E-state index in [1.165, 1.54) is 17.0 Å². The highest BCUT2D eigenvalue weighted by atomic mass is 19.1. The molecule has 0 aromatic heterocycles. The van der Waals surface area contributed by atoms with Crippen LogP contribution in [0.5, 0.6) is 0 Å². The van der Waals surface area contributed by atoms with E-state index in [1.54, 1.807) is 0 Å². The Hall–Kier alpha value is -2.11. The summed E-state index contributed by atoms with van der Waals surface area (Å²) >= 11 is 0. The molecule has 1 aliphatic heterocycles. The van der Waals surface area contributed by atoms with Crippen molar-refractivity contribution in [1.29, 1.82) is 0 Å². The van der Waals surface area contributed by atoms with Crippen LogP contribution in [0.3, 0.4) is 0 Å². The zero-order valence-electron chi connectivity index (χ0n) is 9.78. The van der Waals surface area contributed by atoms with Crippen LogP contribution in [0.25, 0.3) is 0 Å². The lowest BCUT2D eigenvalue weighted by Crippen LogP contribution is -2.34. The third kappa shape index (κ3) is 2.58. The van der Waals surface area contributed by atoms with Crippen LogP contribution in [0.4, 0.5) is 10.1 Å². The van der Waals surface area contributed by atoms with Gasteiger partial charge in [0.1, 0.15) is 5.82 Å². The summed E-state index contributed by atoms with van der Waals surface area (Å²) in [5.41, 5.74) is 5.69. The number of carbonyl (C=O) groups excluding carboxylic acids is 2. The van der Waals surface area contributed by atoms with Crippen molar-refractivity contribution in [1.82, 2.24) is 10.2 Å². The standard InChI is InChI=1S/C12H14FN3O2/c13-10-7-8(14)1-2-9(10)12(18)16-5-3-11(17)15-4-6-16/h1-2,7H,3-6,14H2,(H,15,17). The van der Waals surface area contributed by atoms with Gasteiger partial charge in [-0.3, -0.25) is 9.59 Å². The van der Waals surface area contributed by atoms with Crippen LogP contribution in [-0.2, 0) is 4.79 Å². The van der Waals surface area contributed by atoms with Crippen LogP contribution in [0.2, 0.25) is 0 Å². The van der Waals surface area contributed by atoms with Crippen molar-refractivity contribution < 1.29 is 14.0 Å². The summed E-state index contributed by atoms with van der Waals surface area (Å²) < 4.78 is 13.6. The number of hydrogen-bond donors (Lipinski definition) is 2. The fourth-order valence-electron chi connectivity index (χ4n) is 1.85. The van der Waals surface area contributed by atoms with Crippen molar-refractivity contribution in [2.45, 2.75) is 6.42 Å². The fourth-order valence-corrected chi connectivity index (χ4v) is 1.85. The van der Waals surface area contributed by atoms with Gasteiger partial charge in [0, 0.05) is 31.7 Å². The van der Waals surface area contributed by atoms with Crippen LogP contribution in [0, 0.1) is 5.82 Å². The second kappa shape index (κ2) is 5.03. The molecule has 1 aromatic rings. The minimum atomic E-state index is -0.636. The Morgan fingerprint density at radius 1 is 1.39 bits per heavy atom. The van der Waals surface area contributed by atoms with E-state index >= 15 is 0 Å². The van der Waals surface area contributed by atoms with Crippen molar-refractivity contribution >= 4 is 17.5 Å². The Balaban J connectivity index is 2.17. The molecule has 0 atom stereocenters. The fraction of sp³-hybridized carbons (Fsp3) is 0.333. The zero-order chi connectivity index (χ0) is 13.1. The molecule has 1 fully saturated rings. The molecule has 0 radical (unpaired) electrons. The molecule has 3 N–H and O–H groups in total. The van der Waals surface area contributed by atoms with Gasteiger partial charge in [-0.2, -0.15) is 0 Å². The van der Waals surface area contributed by atoms with E-state index in [0.717, 1.165) is 6.07 Å². The van der Waals surface area contributed by atoms with Crippen LogP contribution < -0.4 is 11.1 Å². The molecule has 0 bridgehead atoms. The number of benzene rings is 1. The maximum absolute atomic E-state index is 13.6. The lowest BCUT2D eigenvalue weighted by Gasteiger charge is -2.19. The molecular formula is C12H14FN3O2. The molecule has 5 nitrogen and oxygen atoms in total. The minimum absolute atomic E-state index is 0.0152. The van der Waals surface area contributed by atoms with Gasteiger partial charge in [-0.25, -0.2) is 4.39 Å². The molecule has 1 saturated heterocycles. The first-order valence-corrected chi connectivity index (χ1v) is 5.69. The Kier molecular flexibility index (Phi) is 3.45. The van der Waals surface area contributed by atoms with Gasteiger partial charge in [0.25, 0.3) is 5.91 Å². The van der Waals surface area contributed by atoms with E-state index in [-0.39, 0.29) is 23.6 Å². The first kappa shape index (κ1) is 12.3. The number of anilines is 1. The Labute approximate surface area is 104 Å². The summed E-state index contributed by atoms with van der Waals surface area (Å²) in [6, 6.07) is 3.97. The van der Waals surface area contributed by atoms with Gasteiger partial charge in [-0.1, -0.05) is 0 Å². The van der Waals surface area contributed by atoms with Crippen LogP contribution >= 0.6 is 0 Å². The van der Waals surface area contributed by atoms with Crippen molar-refractivity contribution in [3.05, 3.63) is 29.6 Å². The second-order valence-electron chi connectivity index (χ2n) is 4.13. The summed E-state index contributed by atoms with van der Waals surface area (Å²) in [4.78, 5) is 24.7. The molecule has 18 heavy (non-hydrogen) atoms. The van der Waals surface area contributed by atoms with E-state index in [4.69, 9.17) is 5.73 Å². The molecule has 1 heterocycles. The quantitative estimate of drug-likeness (QED) is 0.708. The summed E-state index contributed by atoms with van der Waals surface area (Å²) in [5, 5.41) is 2.66. The molecule has 96 valence electrons. The summed E-state index contributed by atoms with van der Waals surface area (Å²) in [6.07, 6.45) is 0.238. The Morgan fingerprint density at radius 2 is 2.17 bits per heavy atom. The predicted molar refractivity (Wildman–Crippen MR) is 64.3 cm³/mol. The highest BCUT2D eigenvalue weighted by Crippen LogP contribution is 2.14. The van der Waals surface area contributed by atoms with Gasteiger partial charge in [0.2, 0.25) is 5.91 Å². The molecule has 6 heteroatoms. The lowest BCUT2D eigenvalue weighted by atomic mass is 10.1. The number of nitrogens with zero attached hydrogens (tertiary/aromatic N) is 1. The third-order valence-corrected chi connectivity index (χ3v) is 2.82. The largest absolute Gasteiger partial charge is 0.399 e. The van der Waals surface area contributed by atoms with Gasteiger partial charge in [-0.05, 0) is 18.2 Å². The molecule has 0 aliphatic carbocycles. The first-order chi connectivity index (χ1) is 8.58. The van der Waals surface area contributed by atoms with Crippen LogP contribution in [-0.4, -0.2) is 36.3 Å². The maximum Gasteiger partial charge on any atom is 0.256 e. The van der Waals surface area contributed by atoms with E-state index in [0.29, 0.717) is 19.6 Å². The van der Waals surface area contributed by atoms with Gasteiger partial charge >= 0.3 is 0 Å². The molecule has 2 rings (SSSR count). The lowest BCUT2D eigenvalue weighted by molar-refractivity contribution is -0.120. The maximum atomic E-state index is 13.6. The van der Waals surface area contributed by atoms with E-state index in [1.807, 2.05) is 0 Å². The molecule has 0 spiro atoms. The number of halogens is 1. The molecular weight excluding hydrogens is 237 g/mol. The summed E-state index contributed by atoms with van der Waals surface area (Å²) in [7, 11) is 0. The van der Waals surface area contributed by atoms with Crippen LogP contribution in [0.1, 0.15) is 16.8 Å². The molecule has 2 amide bonds. The van der Waals surface area contributed by atoms with Gasteiger partial charge in [0.05, 0.1) is 5.56 Å². The topological polar surface area (TPSA) is 75.4 Å². The SMILES string of the molecule is Nc1ccc(C(=O)N2CCNC(=O)CC2)c(F)c1. The normalized spacial score (nSPS) is 16.1. The molecule has 0 saturated carbocycles. The van der Waals surface area contributed by atoms with Crippen molar-refractivity contribution in [3.63, 3.8) is 0 Å². The van der Waals surface area contributed by atoms with Crippen molar-refractivity contribution in [2.24, 2.45) is 0 Å². The minimum Gasteiger partial charge on any atom is -0.399 e. The average molecular weight is 251 g/mol. The van der Waals surface area contributed by atoms with Gasteiger partial charge < -0.3 is 16.0 Å². The third-order valence-electron chi connectivity index (χ3n) is 2.82. The smallest absolute Gasteiger partial charge is 0.256 e. The first-order valence-electron chi connectivity index (χ1n) is 5.69. The van der Waals surface area contributed by atoms with Crippen LogP contribution in [0.15, 0.2) is 18.2 Å². The monoisotopic (exact) mass is 251 g/mol. The molecule has 1 aromatic carbocycles. The number of rotatable bonds is 1. The average Bonchev–Trinajstić information content (AvgIpc) is 2.53. The summed E-state index contributed by atoms with van der Waals surface area (Å²) in [6.45, 7) is 1.07. The van der Waals surface area contributed by atoms with E-state index in [2.05, 4.69) is 5.32 Å².